The molecule has 5 rings (SSSR count). The van der Waals surface area contributed by atoms with Gasteiger partial charge in [-0.25, -0.2) is 13.9 Å². The van der Waals surface area contributed by atoms with Crippen LogP contribution in [0.1, 0.15) is 49.0 Å². The Morgan fingerprint density at radius 2 is 1.97 bits per heavy atom. The molecule has 0 saturated heterocycles. The van der Waals surface area contributed by atoms with E-state index in [4.69, 9.17) is 9.84 Å². The maximum Gasteiger partial charge on any atom is 0.239 e. The summed E-state index contributed by atoms with van der Waals surface area (Å²) >= 11 is 0. The van der Waals surface area contributed by atoms with E-state index in [-0.39, 0.29) is 17.1 Å². The van der Waals surface area contributed by atoms with Gasteiger partial charge in [-0.05, 0) is 77.4 Å². The molecule has 2 aromatic heterocycles. The smallest absolute Gasteiger partial charge is 0.239 e. The summed E-state index contributed by atoms with van der Waals surface area (Å²) in [5, 5.41) is 8.21. The van der Waals surface area contributed by atoms with Gasteiger partial charge in [-0.2, -0.15) is 0 Å². The Labute approximate surface area is 222 Å². The number of fused-ring (bicyclic) bond motifs is 1. The van der Waals surface area contributed by atoms with E-state index >= 15 is 0 Å². The van der Waals surface area contributed by atoms with Gasteiger partial charge in [-0.15, -0.1) is 5.10 Å². The molecule has 0 atom stereocenters. The van der Waals surface area contributed by atoms with Crippen LogP contribution in [0.5, 0.6) is 11.6 Å². The van der Waals surface area contributed by atoms with Gasteiger partial charge in [-0.1, -0.05) is 18.2 Å². The standard InChI is InChI=1S/C30H34FN5O2/c1-19-13-21(11-12-24(19)27(37)14-20-9-10-20)26-17-32-29-25(33-18-30(2,3)35(4)5)16-28(34-36(26)29)38-23-8-6-7-22(31)15-23/h6-8,11-13,15-17,20,33H,9-10,14,18H2,1-5H3. The van der Waals surface area contributed by atoms with Crippen molar-refractivity contribution in [3.8, 4) is 22.9 Å². The van der Waals surface area contributed by atoms with Crippen molar-refractivity contribution in [1.29, 1.82) is 0 Å². The highest BCUT2D eigenvalue weighted by Crippen LogP contribution is 2.35. The van der Waals surface area contributed by atoms with Crippen LogP contribution in [-0.4, -0.2) is 51.5 Å². The first-order chi connectivity index (χ1) is 18.1. The number of likely N-dealkylation sites (N-methyl/N-ethyl adjacent to an activating group) is 1. The second kappa shape index (κ2) is 10.2. The molecule has 1 N–H and O–H groups in total. The highest BCUT2D eigenvalue weighted by molar-refractivity contribution is 5.98. The molecule has 0 aliphatic heterocycles. The Hall–Kier alpha value is -3.78. The quantitative estimate of drug-likeness (QED) is 0.248. The Morgan fingerprint density at radius 3 is 2.66 bits per heavy atom. The number of nitrogens with zero attached hydrogens (tertiary/aromatic N) is 4. The number of halogens is 1. The minimum atomic E-state index is -0.384. The number of ether oxygens (including phenoxy) is 1. The molecular formula is C30H34FN5O2. The van der Waals surface area contributed by atoms with Gasteiger partial charge in [0.05, 0.1) is 17.6 Å². The molecule has 198 valence electrons. The molecule has 0 amide bonds. The number of benzene rings is 2. The second-order valence-corrected chi connectivity index (χ2v) is 11.0. The number of hydrogen-bond acceptors (Lipinski definition) is 6. The first-order valence-corrected chi connectivity index (χ1v) is 13.0. The predicted octanol–water partition coefficient (Wildman–Crippen LogP) is 6.37. The normalized spacial score (nSPS) is 13.8. The van der Waals surface area contributed by atoms with Crippen LogP contribution in [-0.2, 0) is 0 Å². The average Bonchev–Trinajstić information content (AvgIpc) is 3.57. The molecular weight excluding hydrogens is 481 g/mol. The largest absolute Gasteiger partial charge is 0.437 e. The van der Waals surface area contributed by atoms with Gasteiger partial charge in [0.1, 0.15) is 11.6 Å². The molecule has 1 fully saturated rings. The van der Waals surface area contributed by atoms with E-state index in [0.29, 0.717) is 36.2 Å². The lowest BCUT2D eigenvalue weighted by Crippen LogP contribution is -2.44. The maximum absolute atomic E-state index is 13.8. The second-order valence-electron chi connectivity index (χ2n) is 11.0. The number of imidazole rings is 1. The molecule has 2 aromatic carbocycles. The van der Waals surface area contributed by atoms with Gasteiger partial charge in [0, 0.05) is 41.8 Å². The summed E-state index contributed by atoms with van der Waals surface area (Å²) in [6.45, 7) is 6.91. The van der Waals surface area contributed by atoms with E-state index in [9.17, 15) is 9.18 Å². The predicted molar refractivity (Wildman–Crippen MR) is 148 cm³/mol. The van der Waals surface area contributed by atoms with E-state index in [0.717, 1.165) is 40.9 Å². The van der Waals surface area contributed by atoms with Gasteiger partial charge in [0.15, 0.2) is 11.4 Å². The number of nitrogens with one attached hydrogen (secondary N) is 1. The van der Waals surface area contributed by atoms with E-state index in [1.54, 1.807) is 28.9 Å². The molecule has 0 radical (unpaired) electrons. The summed E-state index contributed by atoms with van der Waals surface area (Å²) < 4.78 is 21.5. The van der Waals surface area contributed by atoms with E-state index < -0.39 is 0 Å². The number of anilines is 1. The van der Waals surface area contributed by atoms with Crippen molar-refractivity contribution < 1.29 is 13.9 Å². The first-order valence-electron chi connectivity index (χ1n) is 13.0. The average molecular weight is 516 g/mol. The van der Waals surface area contributed by atoms with E-state index in [1.807, 2.05) is 39.2 Å². The fraction of sp³-hybridized carbons (Fsp3) is 0.367. The van der Waals surface area contributed by atoms with Crippen molar-refractivity contribution in [1.82, 2.24) is 19.5 Å². The summed E-state index contributed by atoms with van der Waals surface area (Å²) in [4.78, 5) is 19.6. The van der Waals surface area contributed by atoms with Crippen molar-refractivity contribution in [2.75, 3.05) is 26.0 Å². The summed E-state index contributed by atoms with van der Waals surface area (Å²) in [5.41, 5.74) is 4.64. The molecule has 38 heavy (non-hydrogen) atoms. The minimum Gasteiger partial charge on any atom is -0.437 e. The maximum atomic E-state index is 13.8. The van der Waals surface area contributed by atoms with E-state index in [1.165, 1.54) is 12.1 Å². The fourth-order valence-corrected chi connectivity index (χ4v) is 4.27. The zero-order chi connectivity index (χ0) is 27.0. The van der Waals surface area contributed by atoms with Gasteiger partial charge >= 0.3 is 0 Å². The van der Waals surface area contributed by atoms with Crippen molar-refractivity contribution in [2.45, 2.75) is 45.6 Å². The molecule has 1 aliphatic carbocycles. The zero-order valence-electron chi connectivity index (χ0n) is 22.6. The number of aromatic nitrogens is 3. The lowest BCUT2D eigenvalue weighted by molar-refractivity contribution is 0.0975. The van der Waals surface area contributed by atoms with Crippen LogP contribution in [0.15, 0.2) is 54.7 Å². The molecule has 0 unspecified atom stereocenters. The molecule has 2 heterocycles. The molecule has 1 saturated carbocycles. The third kappa shape index (κ3) is 5.55. The van der Waals surface area contributed by atoms with Crippen LogP contribution in [0.2, 0.25) is 0 Å². The number of carbonyl (C=O) groups is 1. The molecule has 0 bridgehead atoms. The molecule has 0 spiro atoms. The van der Waals surface area contributed by atoms with Crippen molar-refractivity contribution in [2.24, 2.45) is 5.92 Å². The summed E-state index contributed by atoms with van der Waals surface area (Å²) in [6, 6.07) is 13.6. The Morgan fingerprint density at radius 1 is 1.18 bits per heavy atom. The molecule has 8 heteroatoms. The third-order valence-electron chi connectivity index (χ3n) is 7.38. The topological polar surface area (TPSA) is 71.8 Å². The Balaban J connectivity index is 1.53. The zero-order valence-corrected chi connectivity index (χ0v) is 22.6. The summed E-state index contributed by atoms with van der Waals surface area (Å²) in [5.74, 6) is 1.02. The number of aryl methyl sites for hydroxylation is 1. The van der Waals surface area contributed by atoms with Crippen LogP contribution in [0.4, 0.5) is 10.1 Å². The van der Waals surface area contributed by atoms with Gasteiger partial charge in [0.2, 0.25) is 5.88 Å². The van der Waals surface area contributed by atoms with Gasteiger partial charge in [0.25, 0.3) is 0 Å². The fourth-order valence-electron chi connectivity index (χ4n) is 4.27. The highest BCUT2D eigenvalue weighted by atomic mass is 19.1. The van der Waals surface area contributed by atoms with Crippen molar-refractivity contribution in [3.05, 3.63) is 71.7 Å². The summed E-state index contributed by atoms with van der Waals surface area (Å²) in [6.07, 6.45) is 4.70. The van der Waals surface area contributed by atoms with Crippen LogP contribution in [0, 0.1) is 18.7 Å². The molecule has 1 aliphatic rings. The van der Waals surface area contributed by atoms with Gasteiger partial charge < -0.3 is 15.0 Å². The molecule has 7 nitrogen and oxygen atoms in total. The SMILES string of the molecule is Cc1cc(-c2cnc3c(NCC(C)(C)N(C)C)cc(Oc4cccc(F)c4)nn23)ccc1C(=O)CC1CC1. The Kier molecular flexibility index (Phi) is 6.92. The Bertz CT molecular complexity index is 1490. The number of rotatable bonds is 10. The van der Waals surface area contributed by atoms with Gasteiger partial charge in [-0.3, -0.25) is 4.79 Å². The summed E-state index contributed by atoms with van der Waals surface area (Å²) in [7, 11) is 4.08. The van der Waals surface area contributed by atoms with E-state index in [2.05, 4.69) is 29.0 Å². The lowest BCUT2D eigenvalue weighted by Gasteiger charge is -2.33. The monoisotopic (exact) mass is 515 g/mol. The molecule has 4 aromatic rings. The van der Waals surface area contributed by atoms with Crippen molar-refractivity contribution in [3.63, 3.8) is 0 Å². The third-order valence-corrected chi connectivity index (χ3v) is 7.38. The number of hydrogen-bond donors (Lipinski definition) is 1. The van der Waals surface area contributed by atoms with Crippen LogP contribution < -0.4 is 10.1 Å². The lowest BCUT2D eigenvalue weighted by atomic mass is 9.98. The van der Waals surface area contributed by atoms with Crippen LogP contribution in [0.25, 0.3) is 16.9 Å². The van der Waals surface area contributed by atoms with Crippen molar-refractivity contribution >= 4 is 17.1 Å². The first kappa shape index (κ1) is 25.9. The highest BCUT2D eigenvalue weighted by Gasteiger charge is 2.26. The number of carbonyl (C=O) groups excluding carboxylic acids is 1. The number of Topliss-reactive ketones (excluding diaryl/α,β-unsaturated/α-hetero) is 1. The number of ketones is 1. The van der Waals surface area contributed by atoms with Crippen LogP contribution in [0.3, 0.4) is 0 Å². The minimum absolute atomic E-state index is 0.126. The van der Waals surface area contributed by atoms with Crippen LogP contribution >= 0.6 is 0 Å².